The Morgan fingerprint density at radius 3 is 2.48 bits per heavy atom. The molecule has 0 bridgehead atoms. The molecule has 2 heterocycles. The van der Waals surface area contributed by atoms with E-state index in [9.17, 15) is 4.79 Å². The fourth-order valence-corrected chi connectivity index (χ4v) is 3.66. The second-order valence-electron chi connectivity index (χ2n) is 6.67. The lowest BCUT2D eigenvalue weighted by atomic mass is 9.96. The number of aryl methyl sites for hydroxylation is 1. The molecule has 0 unspecified atom stereocenters. The van der Waals surface area contributed by atoms with E-state index in [2.05, 4.69) is 29.2 Å². The topological polar surface area (TPSA) is 23.6 Å². The van der Waals surface area contributed by atoms with Crippen LogP contribution in [-0.2, 0) is 13.0 Å². The van der Waals surface area contributed by atoms with Crippen LogP contribution in [0.5, 0.6) is 0 Å². The van der Waals surface area contributed by atoms with Gasteiger partial charge in [0.2, 0.25) is 0 Å². The molecule has 0 atom stereocenters. The van der Waals surface area contributed by atoms with E-state index in [0.29, 0.717) is 6.04 Å². The summed E-state index contributed by atoms with van der Waals surface area (Å²) in [4.78, 5) is 17.1. The van der Waals surface area contributed by atoms with E-state index in [1.807, 2.05) is 36.1 Å². The van der Waals surface area contributed by atoms with Gasteiger partial charge in [-0.15, -0.1) is 0 Å². The summed E-state index contributed by atoms with van der Waals surface area (Å²) in [6.45, 7) is 5.85. The summed E-state index contributed by atoms with van der Waals surface area (Å²) >= 11 is 0. The zero-order valence-electron chi connectivity index (χ0n) is 13.5. The van der Waals surface area contributed by atoms with Crippen LogP contribution in [0.1, 0.15) is 27.0 Å². The first kappa shape index (κ1) is 14.5. The Bertz CT molecular complexity index is 734. The molecule has 4 rings (SSSR count). The fraction of sp³-hybridized carbons (Fsp3) is 0.350. The predicted molar refractivity (Wildman–Crippen MR) is 91.4 cm³/mol. The maximum atomic E-state index is 12.6. The molecule has 1 saturated heterocycles. The van der Waals surface area contributed by atoms with Gasteiger partial charge >= 0.3 is 0 Å². The van der Waals surface area contributed by atoms with E-state index >= 15 is 0 Å². The predicted octanol–water partition coefficient (Wildman–Crippen LogP) is 2.88. The highest BCUT2D eigenvalue weighted by molar-refractivity contribution is 5.96. The van der Waals surface area contributed by atoms with Gasteiger partial charge in [0.1, 0.15) is 0 Å². The van der Waals surface area contributed by atoms with Gasteiger partial charge in [-0.1, -0.05) is 42.5 Å². The average Bonchev–Trinajstić information content (AvgIpc) is 2.53. The Balaban J connectivity index is 1.39. The molecule has 118 valence electrons. The first-order valence-corrected chi connectivity index (χ1v) is 8.38. The number of likely N-dealkylation sites (tertiary alicyclic amines) is 1. The monoisotopic (exact) mass is 306 g/mol. The largest absolute Gasteiger partial charge is 0.335 e. The third-order valence-corrected chi connectivity index (χ3v) is 5.20. The van der Waals surface area contributed by atoms with Crippen molar-refractivity contribution in [3.63, 3.8) is 0 Å². The van der Waals surface area contributed by atoms with Gasteiger partial charge in [-0.2, -0.15) is 0 Å². The smallest absolute Gasteiger partial charge is 0.254 e. The molecule has 0 N–H and O–H groups in total. The minimum Gasteiger partial charge on any atom is -0.335 e. The molecule has 0 radical (unpaired) electrons. The Morgan fingerprint density at radius 1 is 1.00 bits per heavy atom. The summed E-state index contributed by atoms with van der Waals surface area (Å²) in [6, 6.07) is 17.1. The van der Waals surface area contributed by atoms with Crippen molar-refractivity contribution in [3.05, 3.63) is 70.8 Å². The summed E-state index contributed by atoms with van der Waals surface area (Å²) in [5.41, 5.74) is 4.83. The van der Waals surface area contributed by atoms with Gasteiger partial charge in [-0.25, -0.2) is 0 Å². The maximum Gasteiger partial charge on any atom is 0.254 e. The average molecular weight is 306 g/mol. The Labute approximate surface area is 137 Å². The van der Waals surface area contributed by atoms with E-state index in [4.69, 9.17) is 0 Å². The van der Waals surface area contributed by atoms with E-state index in [-0.39, 0.29) is 5.91 Å². The van der Waals surface area contributed by atoms with Crippen LogP contribution in [0.4, 0.5) is 0 Å². The van der Waals surface area contributed by atoms with Crippen LogP contribution in [0.3, 0.4) is 0 Å². The molecule has 0 saturated carbocycles. The number of benzene rings is 2. The first-order chi connectivity index (χ1) is 11.2. The highest BCUT2D eigenvalue weighted by Gasteiger charge is 2.36. The zero-order chi connectivity index (χ0) is 15.8. The minimum absolute atomic E-state index is 0.178. The normalized spacial score (nSPS) is 18.4. The van der Waals surface area contributed by atoms with E-state index in [1.165, 1.54) is 11.1 Å². The van der Waals surface area contributed by atoms with Crippen molar-refractivity contribution in [2.45, 2.75) is 25.9 Å². The van der Waals surface area contributed by atoms with Crippen LogP contribution in [-0.4, -0.2) is 41.4 Å². The van der Waals surface area contributed by atoms with Crippen molar-refractivity contribution in [1.82, 2.24) is 9.80 Å². The molecule has 2 aromatic carbocycles. The first-order valence-electron chi connectivity index (χ1n) is 8.38. The molecule has 2 aliphatic heterocycles. The Morgan fingerprint density at radius 2 is 1.70 bits per heavy atom. The van der Waals surface area contributed by atoms with Gasteiger partial charge in [0.25, 0.3) is 5.91 Å². The molecular weight excluding hydrogens is 284 g/mol. The summed E-state index contributed by atoms with van der Waals surface area (Å²) < 4.78 is 0. The van der Waals surface area contributed by atoms with Crippen LogP contribution < -0.4 is 0 Å². The van der Waals surface area contributed by atoms with E-state index < -0.39 is 0 Å². The zero-order valence-corrected chi connectivity index (χ0v) is 13.5. The molecule has 23 heavy (non-hydrogen) atoms. The van der Waals surface area contributed by atoms with E-state index in [1.54, 1.807) is 0 Å². The van der Waals surface area contributed by atoms with Crippen molar-refractivity contribution in [1.29, 1.82) is 0 Å². The second kappa shape index (κ2) is 5.82. The molecule has 0 aliphatic carbocycles. The standard InChI is InChI=1S/C20H22N2O/c1-15-6-2-5-9-19(15)20(23)22-13-18(14-22)21-11-10-16-7-3-4-8-17(16)12-21/h2-9,18H,10-14H2,1H3. The number of rotatable bonds is 2. The van der Waals surface area contributed by atoms with Crippen molar-refractivity contribution >= 4 is 5.91 Å². The lowest BCUT2D eigenvalue weighted by Gasteiger charge is -2.47. The van der Waals surface area contributed by atoms with Crippen LogP contribution in [0.25, 0.3) is 0 Å². The molecule has 0 aromatic heterocycles. The van der Waals surface area contributed by atoms with Crippen LogP contribution in [0.2, 0.25) is 0 Å². The third kappa shape index (κ3) is 2.66. The molecule has 0 spiro atoms. The molecule has 3 heteroatoms. The van der Waals surface area contributed by atoms with Crippen LogP contribution in [0, 0.1) is 6.92 Å². The Kier molecular flexibility index (Phi) is 3.66. The maximum absolute atomic E-state index is 12.6. The number of nitrogens with zero attached hydrogens (tertiary/aromatic N) is 2. The number of hydrogen-bond donors (Lipinski definition) is 0. The lowest BCUT2D eigenvalue weighted by molar-refractivity contribution is 0.0218. The highest BCUT2D eigenvalue weighted by atomic mass is 16.2. The van der Waals surface area contributed by atoms with Crippen molar-refractivity contribution in [2.75, 3.05) is 19.6 Å². The van der Waals surface area contributed by atoms with Crippen LogP contribution in [0.15, 0.2) is 48.5 Å². The quantitative estimate of drug-likeness (QED) is 0.852. The van der Waals surface area contributed by atoms with Gasteiger partial charge in [-0.3, -0.25) is 9.69 Å². The van der Waals surface area contributed by atoms with Gasteiger partial charge in [0.15, 0.2) is 0 Å². The van der Waals surface area contributed by atoms with Gasteiger partial charge in [0.05, 0.1) is 0 Å². The molecular formula is C20H22N2O. The lowest BCUT2D eigenvalue weighted by Crippen LogP contribution is -2.61. The summed E-state index contributed by atoms with van der Waals surface area (Å²) in [7, 11) is 0. The number of amides is 1. The molecule has 3 nitrogen and oxygen atoms in total. The minimum atomic E-state index is 0.178. The molecule has 2 aromatic rings. The van der Waals surface area contributed by atoms with Gasteiger partial charge < -0.3 is 4.90 Å². The SMILES string of the molecule is Cc1ccccc1C(=O)N1CC(N2CCc3ccccc3C2)C1. The number of carbonyl (C=O) groups is 1. The second-order valence-corrected chi connectivity index (χ2v) is 6.67. The molecule has 1 fully saturated rings. The Hall–Kier alpha value is -2.13. The summed E-state index contributed by atoms with van der Waals surface area (Å²) in [5, 5.41) is 0. The van der Waals surface area contributed by atoms with Crippen molar-refractivity contribution in [3.8, 4) is 0 Å². The molecule has 2 aliphatic rings. The highest BCUT2D eigenvalue weighted by Crippen LogP contribution is 2.25. The molecule has 1 amide bonds. The fourth-order valence-electron chi connectivity index (χ4n) is 3.66. The number of carbonyl (C=O) groups excluding carboxylic acids is 1. The third-order valence-electron chi connectivity index (χ3n) is 5.20. The van der Waals surface area contributed by atoms with Gasteiger partial charge in [-0.05, 0) is 36.1 Å². The number of fused-ring (bicyclic) bond motifs is 1. The van der Waals surface area contributed by atoms with Crippen LogP contribution >= 0.6 is 0 Å². The van der Waals surface area contributed by atoms with Crippen molar-refractivity contribution in [2.24, 2.45) is 0 Å². The van der Waals surface area contributed by atoms with E-state index in [0.717, 1.165) is 43.7 Å². The summed E-state index contributed by atoms with van der Waals surface area (Å²) in [5.74, 6) is 0.178. The van der Waals surface area contributed by atoms with Crippen molar-refractivity contribution < 1.29 is 4.79 Å². The summed E-state index contributed by atoms with van der Waals surface area (Å²) in [6.07, 6.45) is 1.12. The number of hydrogen-bond acceptors (Lipinski definition) is 2. The van der Waals surface area contributed by atoms with Gasteiger partial charge in [0, 0.05) is 37.8 Å².